The van der Waals surface area contributed by atoms with E-state index >= 15 is 0 Å². The molecule has 0 unspecified atom stereocenters. The third-order valence-electron chi connectivity index (χ3n) is 5.76. The van der Waals surface area contributed by atoms with Crippen molar-refractivity contribution in [3.63, 3.8) is 0 Å². The molecule has 2 N–H and O–H groups in total. The first-order chi connectivity index (χ1) is 16.8. The quantitative estimate of drug-likeness (QED) is 0.352. The van der Waals surface area contributed by atoms with E-state index in [2.05, 4.69) is 18.3 Å². The van der Waals surface area contributed by atoms with E-state index in [-0.39, 0.29) is 11.6 Å². The van der Waals surface area contributed by atoms with Gasteiger partial charge in [-0.25, -0.2) is 14.6 Å². The maximum atomic E-state index is 12.2. The van der Waals surface area contributed by atoms with E-state index in [0.29, 0.717) is 11.3 Å². The van der Waals surface area contributed by atoms with Gasteiger partial charge in [-0.2, -0.15) is 0 Å². The number of carboxylic acids is 1. The topological polar surface area (TPSA) is 87.5 Å². The molecular weight excluding hydrogens is 440 g/mol. The number of carbonyl (C=O) groups is 2. The molecule has 1 heterocycles. The van der Waals surface area contributed by atoms with Crippen molar-refractivity contribution < 1.29 is 14.7 Å². The SMILES string of the molecule is CCC=Cc1nc2ccc(NC(=O)N(C)C)cc2n1-c1ccc(-c2ccccc2C(=O)O)c(C)c1. The van der Waals surface area contributed by atoms with Crippen LogP contribution < -0.4 is 5.32 Å². The molecule has 0 aliphatic rings. The summed E-state index contributed by atoms with van der Waals surface area (Å²) in [6.07, 6.45) is 4.91. The molecule has 0 radical (unpaired) electrons. The number of carboxylic acid groups (broad SMARTS) is 1. The van der Waals surface area contributed by atoms with Gasteiger partial charge in [-0.1, -0.05) is 37.3 Å². The van der Waals surface area contributed by atoms with Gasteiger partial charge in [0.2, 0.25) is 0 Å². The Balaban J connectivity index is 1.86. The molecule has 7 nitrogen and oxygen atoms in total. The fourth-order valence-corrected chi connectivity index (χ4v) is 4.01. The summed E-state index contributed by atoms with van der Waals surface area (Å²) in [6, 6.07) is 18.4. The zero-order chi connectivity index (χ0) is 25.1. The number of fused-ring (bicyclic) bond motifs is 1. The highest BCUT2D eigenvalue weighted by atomic mass is 16.4. The van der Waals surface area contributed by atoms with E-state index < -0.39 is 5.97 Å². The second-order valence-electron chi connectivity index (χ2n) is 8.49. The number of nitrogens with one attached hydrogen (secondary N) is 1. The summed E-state index contributed by atoms with van der Waals surface area (Å²) in [5.74, 6) is -0.181. The maximum absolute atomic E-state index is 12.2. The summed E-state index contributed by atoms with van der Waals surface area (Å²) in [4.78, 5) is 30.2. The summed E-state index contributed by atoms with van der Waals surface area (Å²) in [6.45, 7) is 4.04. The summed E-state index contributed by atoms with van der Waals surface area (Å²) in [5, 5.41) is 12.5. The van der Waals surface area contributed by atoms with Crippen molar-refractivity contribution >= 4 is 34.8 Å². The standard InChI is InChI=1S/C28H28N4O3/c1-5-6-11-26-30-24-15-12-19(29-28(35)31(3)4)17-25(24)32(26)20-13-14-21(18(2)16-20)22-9-7-8-10-23(22)27(33)34/h6-17H,5H2,1-4H3,(H,29,35)(H,33,34). The van der Waals surface area contributed by atoms with Crippen LogP contribution in [0.25, 0.3) is 33.9 Å². The number of benzene rings is 3. The molecule has 0 atom stereocenters. The van der Waals surface area contributed by atoms with Gasteiger partial charge in [0.05, 0.1) is 16.6 Å². The first-order valence-corrected chi connectivity index (χ1v) is 11.4. The van der Waals surface area contributed by atoms with Crippen molar-refractivity contribution in [2.45, 2.75) is 20.3 Å². The van der Waals surface area contributed by atoms with Gasteiger partial charge >= 0.3 is 12.0 Å². The lowest BCUT2D eigenvalue weighted by Crippen LogP contribution is -2.27. The van der Waals surface area contributed by atoms with Crippen LogP contribution >= 0.6 is 0 Å². The smallest absolute Gasteiger partial charge is 0.336 e. The molecule has 4 aromatic rings. The lowest BCUT2D eigenvalue weighted by atomic mass is 9.95. The highest BCUT2D eigenvalue weighted by molar-refractivity contribution is 5.97. The molecule has 35 heavy (non-hydrogen) atoms. The summed E-state index contributed by atoms with van der Waals surface area (Å²) >= 11 is 0. The third kappa shape index (κ3) is 4.80. The van der Waals surface area contributed by atoms with E-state index in [9.17, 15) is 14.7 Å². The van der Waals surface area contributed by atoms with Crippen LogP contribution in [0.15, 0.2) is 66.7 Å². The van der Waals surface area contributed by atoms with Gasteiger partial charge in [-0.3, -0.25) is 4.57 Å². The Morgan fingerprint density at radius 3 is 2.51 bits per heavy atom. The number of rotatable bonds is 6. The zero-order valence-electron chi connectivity index (χ0n) is 20.2. The van der Waals surface area contributed by atoms with Gasteiger partial charge < -0.3 is 15.3 Å². The number of hydrogen-bond donors (Lipinski definition) is 2. The minimum atomic E-state index is -0.955. The molecule has 0 fully saturated rings. The number of aryl methyl sites for hydroxylation is 1. The normalized spacial score (nSPS) is 11.2. The Kier molecular flexibility index (Phi) is 6.68. The van der Waals surface area contributed by atoms with Crippen LogP contribution in [0.2, 0.25) is 0 Å². The molecule has 4 rings (SSSR count). The van der Waals surface area contributed by atoms with E-state index in [0.717, 1.165) is 40.1 Å². The average Bonchev–Trinajstić information content (AvgIpc) is 3.20. The highest BCUT2D eigenvalue weighted by Gasteiger charge is 2.16. The van der Waals surface area contributed by atoms with Gasteiger partial charge in [-0.05, 0) is 72.5 Å². The lowest BCUT2D eigenvalue weighted by molar-refractivity contribution is 0.0697. The van der Waals surface area contributed by atoms with Gasteiger partial charge in [0.1, 0.15) is 5.82 Å². The van der Waals surface area contributed by atoms with Crippen molar-refractivity contribution in [2.75, 3.05) is 19.4 Å². The average molecular weight is 469 g/mol. The first-order valence-electron chi connectivity index (χ1n) is 11.4. The molecule has 7 heteroatoms. The largest absolute Gasteiger partial charge is 0.478 e. The van der Waals surface area contributed by atoms with E-state index in [1.165, 1.54) is 4.90 Å². The Hall–Kier alpha value is -4.39. The molecule has 3 aromatic carbocycles. The van der Waals surface area contributed by atoms with Crippen LogP contribution in [0, 0.1) is 6.92 Å². The molecule has 178 valence electrons. The Labute approximate surface area is 204 Å². The van der Waals surface area contributed by atoms with Crippen LogP contribution in [0.1, 0.15) is 35.1 Å². The van der Waals surface area contributed by atoms with E-state index in [4.69, 9.17) is 4.98 Å². The van der Waals surface area contributed by atoms with Gasteiger partial charge in [0, 0.05) is 25.5 Å². The number of aromatic nitrogens is 2. The van der Waals surface area contributed by atoms with Gasteiger partial charge in [0.15, 0.2) is 0 Å². The molecule has 0 saturated carbocycles. The van der Waals surface area contributed by atoms with E-state index in [1.54, 1.807) is 26.2 Å². The summed E-state index contributed by atoms with van der Waals surface area (Å²) in [5.41, 5.74) is 5.99. The summed E-state index contributed by atoms with van der Waals surface area (Å²) < 4.78 is 2.05. The minimum absolute atomic E-state index is 0.209. The molecule has 0 spiro atoms. The molecular formula is C28H28N4O3. The number of hydrogen-bond acceptors (Lipinski definition) is 3. The Morgan fingerprint density at radius 1 is 1.06 bits per heavy atom. The fraction of sp³-hybridized carbons (Fsp3) is 0.179. The predicted octanol–water partition coefficient (Wildman–Crippen LogP) is 6.22. The molecule has 0 aliphatic heterocycles. The van der Waals surface area contributed by atoms with Crippen molar-refractivity contribution in [3.05, 3.63) is 83.7 Å². The second kappa shape index (κ2) is 9.85. The number of nitrogens with zero attached hydrogens (tertiary/aromatic N) is 3. The molecule has 2 amide bonds. The van der Waals surface area contributed by atoms with Gasteiger partial charge in [-0.15, -0.1) is 0 Å². The zero-order valence-corrected chi connectivity index (χ0v) is 20.2. The van der Waals surface area contributed by atoms with Crippen molar-refractivity contribution in [1.82, 2.24) is 14.5 Å². The van der Waals surface area contributed by atoms with Crippen molar-refractivity contribution in [1.29, 1.82) is 0 Å². The van der Waals surface area contributed by atoms with Crippen LogP contribution in [-0.4, -0.2) is 45.7 Å². The van der Waals surface area contributed by atoms with E-state index in [1.807, 2.05) is 66.1 Å². The summed E-state index contributed by atoms with van der Waals surface area (Å²) in [7, 11) is 3.39. The molecule has 0 saturated heterocycles. The van der Waals surface area contributed by atoms with Crippen molar-refractivity contribution in [3.8, 4) is 16.8 Å². The lowest BCUT2D eigenvalue weighted by Gasteiger charge is -2.14. The Bertz CT molecular complexity index is 1450. The van der Waals surface area contributed by atoms with Crippen LogP contribution in [0.5, 0.6) is 0 Å². The van der Waals surface area contributed by atoms with Crippen LogP contribution in [0.3, 0.4) is 0 Å². The number of anilines is 1. The first kappa shape index (κ1) is 23.8. The molecule has 0 bridgehead atoms. The fourth-order valence-electron chi connectivity index (χ4n) is 4.01. The number of allylic oxidation sites excluding steroid dienone is 1. The molecule has 1 aromatic heterocycles. The number of aromatic carboxylic acids is 1. The highest BCUT2D eigenvalue weighted by Crippen LogP contribution is 2.31. The number of urea groups is 1. The van der Waals surface area contributed by atoms with Crippen LogP contribution in [0.4, 0.5) is 10.5 Å². The monoisotopic (exact) mass is 468 g/mol. The Morgan fingerprint density at radius 2 is 1.83 bits per heavy atom. The van der Waals surface area contributed by atoms with Crippen LogP contribution in [-0.2, 0) is 0 Å². The maximum Gasteiger partial charge on any atom is 0.336 e. The number of amides is 2. The number of carbonyl (C=O) groups excluding carboxylic acids is 1. The van der Waals surface area contributed by atoms with Gasteiger partial charge in [0.25, 0.3) is 0 Å². The molecule has 0 aliphatic carbocycles. The minimum Gasteiger partial charge on any atom is -0.478 e. The second-order valence-corrected chi connectivity index (χ2v) is 8.49. The third-order valence-corrected chi connectivity index (χ3v) is 5.76. The predicted molar refractivity (Wildman–Crippen MR) is 140 cm³/mol. The number of imidazole rings is 1. The van der Waals surface area contributed by atoms with Crippen molar-refractivity contribution in [2.24, 2.45) is 0 Å².